The van der Waals surface area contributed by atoms with Crippen LogP contribution >= 0.6 is 0 Å². The van der Waals surface area contributed by atoms with Gasteiger partial charge in [-0.05, 0) is 31.5 Å². The fourth-order valence-electron chi connectivity index (χ4n) is 2.97. The average molecular weight is 277 g/mol. The third-order valence-corrected chi connectivity index (χ3v) is 4.18. The molecule has 1 aromatic rings. The van der Waals surface area contributed by atoms with Crippen molar-refractivity contribution in [2.75, 3.05) is 25.5 Å². The average Bonchev–Trinajstić information content (AvgIpc) is 2.48. The number of piperidine rings is 1. The number of carbonyl (C=O) groups excluding carboxylic acids is 1. The largest absolute Gasteiger partial charge is 0.495 e. The molecular formula is C15H23N3O2. The van der Waals surface area contributed by atoms with Gasteiger partial charge >= 0.3 is 0 Å². The molecule has 5 nitrogen and oxygen atoms in total. The molecule has 1 amide bonds. The molecule has 0 radical (unpaired) electrons. The van der Waals surface area contributed by atoms with Crippen molar-refractivity contribution < 1.29 is 9.53 Å². The molecule has 2 atom stereocenters. The Morgan fingerprint density at radius 3 is 2.95 bits per heavy atom. The number of nitrogens with two attached hydrogens (primary N) is 1. The van der Waals surface area contributed by atoms with E-state index in [1.54, 1.807) is 7.11 Å². The summed E-state index contributed by atoms with van der Waals surface area (Å²) in [5.74, 6) is 0.594. The molecule has 1 aliphatic rings. The Kier molecular flexibility index (Phi) is 4.49. The summed E-state index contributed by atoms with van der Waals surface area (Å²) in [7, 11) is 1.62. The molecule has 1 saturated heterocycles. The maximum Gasteiger partial charge on any atom is 0.243 e. The first-order valence-corrected chi connectivity index (χ1v) is 7.06. The minimum absolute atomic E-state index is 0.165. The number of nitrogens with one attached hydrogen (secondary N) is 2. The van der Waals surface area contributed by atoms with Crippen LogP contribution in [0.2, 0.25) is 0 Å². The summed E-state index contributed by atoms with van der Waals surface area (Å²) in [6.07, 6.45) is 1.57. The lowest BCUT2D eigenvalue weighted by Gasteiger charge is -2.43. The van der Waals surface area contributed by atoms with Crippen molar-refractivity contribution in [3.05, 3.63) is 24.3 Å². The highest BCUT2D eigenvalue weighted by Gasteiger charge is 2.45. The minimum Gasteiger partial charge on any atom is -0.495 e. The number of carbonyl (C=O) groups is 1. The summed E-state index contributed by atoms with van der Waals surface area (Å²) in [6.45, 7) is 3.66. The molecule has 1 heterocycles. The molecule has 4 N–H and O–H groups in total. The molecule has 0 saturated carbocycles. The van der Waals surface area contributed by atoms with Crippen molar-refractivity contribution in [1.82, 2.24) is 5.32 Å². The van der Waals surface area contributed by atoms with Crippen LogP contribution in [0.4, 0.5) is 5.69 Å². The van der Waals surface area contributed by atoms with Crippen molar-refractivity contribution in [3.8, 4) is 5.75 Å². The van der Waals surface area contributed by atoms with Crippen molar-refractivity contribution in [2.45, 2.75) is 25.3 Å². The van der Waals surface area contributed by atoms with Gasteiger partial charge in [-0.1, -0.05) is 19.1 Å². The lowest BCUT2D eigenvalue weighted by molar-refractivity contribution is -0.125. The molecule has 1 aliphatic heterocycles. The smallest absolute Gasteiger partial charge is 0.243 e. The predicted octanol–water partition coefficient (Wildman–Crippen LogP) is 1.35. The summed E-state index contributed by atoms with van der Waals surface area (Å²) in [6, 6.07) is 7.61. The van der Waals surface area contributed by atoms with E-state index in [1.165, 1.54) is 0 Å². The first-order valence-electron chi connectivity index (χ1n) is 7.06. The van der Waals surface area contributed by atoms with E-state index < -0.39 is 5.54 Å². The molecule has 2 rings (SSSR count). The van der Waals surface area contributed by atoms with Gasteiger partial charge in [0.05, 0.1) is 12.8 Å². The number of rotatable bonds is 5. The van der Waals surface area contributed by atoms with Crippen LogP contribution in [0.5, 0.6) is 5.75 Å². The van der Waals surface area contributed by atoms with Crippen LogP contribution in [0.3, 0.4) is 0 Å². The van der Waals surface area contributed by atoms with Gasteiger partial charge in [-0.3, -0.25) is 4.79 Å². The quantitative estimate of drug-likeness (QED) is 0.759. The Bertz CT molecular complexity index is 478. The highest BCUT2D eigenvalue weighted by molar-refractivity contribution is 5.89. The highest BCUT2D eigenvalue weighted by atomic mass is 16.5. The van der Waals surface area contributed by atoms with Crippen molar-refractivity contribution in [2.24, 2.45) is 11.7 Å². The monoisotopic (exact) mass is 277 g/mol. The lowest BCUT2D eigenvalue weighted by atomic mass is 9.76. The van der Waals surface area contributed by atoms with Gasteiger partial charge in [0.1, 0.15) is 11.3 Å². The normalized spacial score (nSPS) is 26.0. The van der Waals surface area contributed by atoms with E-state index >= 15 is 0 Å². The van der Waals surface area contributed by atoms with E-state index in [0.717, 1.165) is 30.9 Å². The molecule has 20 heavy (non-hydrogen) atoms. The number of primary amides is 1. The number of anilines is 1. The zero-order chi connectivity index (χ0) is 14.6. The molecule has 110 valence electrons. The second-order valence-electron chi connectivity index (χ2n) is 5.22. The Balaban J connectivity index is 2.35. The van der Waals surface area contributed by atoms with Gasteiger partial charge in [0, 0.05) is 12.5 Å². The Morgan fingerprint density at radius 1 is 1.55 bits per heavy atom. The van der Waals surface area contributed by atoms with Crippen LogP contribution in [-0.4, -0.2) is 31.6 Å². The van der Waals surface area contributed by atoms with Crippen molar-refractivity contribution >= 4 is 11.6 Å². The third-order valence-electron chi connectivity index (χ3n) is 4.18. The van der Waals surface area contributed by atoms with Gasteiger partial charge in [0.15, 0.2) is 0 Å². The summed E-state index contributed by atoms with van der Waals surface area (Å²) < 4.78 is 5.35. The zero-order valence-electron chi connectivity index (χ0n) is 12.1. The maximum absolute atomic E-state index is 12.1. The summed E-state index contributed by atoms with van der Waals surface area (Å²) in [5.41, 5.74) is 5.84. The standard InChI is InChI=1S/C15H23N3O2/c1-3-11-10-17-9-8-15(11,14(16)19)18-12-6-4-5-7-13(12)20-2/h4-7,11,17-18H,3,8-10H2,1-2H3,(H2,16,19). The SMILES string of the molecule is CCC1CNCCC1(Nc1ccccc1OC)C(N)=O. The van der Waals surface area contributed by atoms with Crippen molar-refractivity contribution in [1.29, 1.82) is 0 Å². The van der Waals surface area contributed by atoms with Crippen LogP contribution < -0.4 is 21.1 Å². The van der Waals surface area contributed by atoms with E-state index in [1.807, 2.05) is 24.3 Å². The molecule has 5 heteroatoms. The lowest BCUT2D eigenvalue weighted by Crippen LogP contribution is -2.62. The fourth-order valence-corrected chi connectivity index (χ4v) is 2.97. The van der Waals surface area contributed by atoms with Crippen LogP contribution in [0.15, 0.2) is 24.3 Å². The first-order chi connectivity index (χ1) is 9.64. The van der Waals surface area contributed by atoms with Crippen molar-refractivity contribution in [3.63, 3.8) is 0 Å². The van der Waals surface area contributed by atoms with E-state index in [2.05, 4.69) is 17.6 Å². The molecule has 0 bridgehead atoms. The topological polar surface area (TPSA) is 76.4 Å². The van der Waals surface area contributed by atoms with Gasteiger partial charge < -0.3 is 21.1 Å². The molecular weight excluding hydrogens is 254 g/mol. The second kappa shape index (κ2) is 6.13. The van der Waals surface area contributed by atoms with Crippen LogP contribution in [0.25, 0.3) is 0 Å². The van der Waals surface area contributed by atoms with Gasteiger partial charge in [-0.15, -0.1) is 0 Å². The Morgan fingerprint density at radius 2 is 2.30 bits per heavy atom. The summed E-state index contributed by atoms with van der Waals surface area (Å²) >= 11 is 0. The summed E-state index contributed by atoms with van der Waals surface area (Å²) in [4.78, 5) is 12.1. The first kappa shape index (κ1) is 14.7. The molecule has 1 aromatic carbocycles. The van der Waals surface area contributed by atoms with Gasteiger partial charge in [0.2, 0.25) is 5.91 Å². The number of ether oxygens (including phenoxy) is 1. The van der Waals surface area contributed by atoms with E-state index in [-0.39, 0.29) is 11.8 Å². The van der Waals surface area contributed by atoms with Crippen LogP contribution in [0.1, 0.15) is 19.8 Å². The summed E-state index contributed by atoms with van der Waals surface area (Å²) in [5, 5.41) is 6.71. The van der Waals surface area contributed by atoms with Gasteiger partial charge in [-0.2, -0.15) is 0 Å². The van der Waals surface area contributed by atoms with Crippen LogP contribution in [0, 0.1) is 5.92 Å². The molecule has 0 spiro atoms. The highest BCUT2D eigenvalue weighted by Crippen LogP contribution is 2.34. The van der Waals surface area contributed by atoms with E-state index in [0.29, 0.717) is 6.42 Å². The minimum atomic E-state index is -0.714. The molecule has 2 unspecified atom stereocenters. The molecule has 1 fully saturated rings. The van der Waals surface area contributed by atoms with Gasteiger partial charge in [-0.25, -0.2) is 0 Å². The van der Waals surface area contributed by atoms with E-state index in [9.17, 15) is 4.79 Å². The number of methoxy groups -OCH3 is 1. The third kappa shape index (κ3) is 2.58. The zero-order valence-corrected chi connectivity index (χ0v) is 12.1. The second-order valence-corrected chi connectivity index (χ2v) is 5.22. The van der Waals surface area contributed by atoms with Crippen LogP contribution in [-0.2, 0) is 4.79 Å². The number of hydrogen-bond acceptors (Lipinski definition) is 4. The number of amides is 1. The number of para-hydroxylation sites is 2. The number of benzene rings is 1. The maximum atomic E-state index is 12.1. The Labute approximate surface area is 119 Å². The number of hydrogen-bond donors (Lipinski definition) is 3. The predicted molar refractivity (Wildman–Crippen MR) is 79.8 cm³/mol. The van der Waals surface area contributed by atoms with Gasteiger partial charge in [0.25, 0.3) is 0 Å². The molecule has 0 aliphatic carbocycles. The fraction of sp³-hybridized carbons (Fsp3) is 0.533. The van der Waals surface area contributed by atoms with E-state index in [4.69, 9.17) is 10.5 Å². The molecule has 0 aromatic heterocycles. The Hall–Kier alpha value is -1.75.